The SMILES string of the molecule is CN(C)C1CCN(CC(O)C2CCCCC2)CC1. The Labute approximate surface area is 112 Å². The third-order valence-electron chi connectivity index (χ3n) is 4.93. The number of nitrogens with zero attached hydrogens (tertiary/aromatic N) is 2. The first-order chi connectivity index (χ1) is 8.66. The molecule has 1 aliphatic heterocycles. The van der Waals surface area contributed by atoms with E-state index in [2.05, 4.69) is 23.9 Å². The van der Waals surface area contributed by atoms with Crippen LogP contribution in [0.25, 0.3) is 0 Å². The predicted octanol–water partition coefficient (Wildman–Crippen LogP) is 1.95. The van der Waals surface area contributed by atoms with Gasteiger partial charge in [0.15, 0.2) is 0 Å². The summed E-state index contributed by atoms with van der Waals surface area (Å²) in [7, 11) is 4.36. The van der Waals surface area contributed by atoms with Crippen LogP contribution in [0.5, 0.6) is 0 Å². The van der Waals surface area contributed by atoms with E-state index in [0.717, 1.165) is 25.7 Å². The van der Waals surface area contributed by atoms with E-state index in [1.54, 1.807) is 0 Å². The molecule has 3 nitrogen and oxygen atoms in total. The summed E-state index contributed by atoms with van der Waals surface area (Å²) in [5, 5.41) is 10.3. The summed E-state index contributed by atoms with van der Waals surface area (Å²) in [5.41, 5.74) is 0. The number of aliphatic hydroxyl groups is 1. The zero-order chi connectivity index (χ0) is 13.0. The highest BCUT2D eigenvalue weighted by Crippen LogP contribution is 2.27. The molecule has 0 bridgehead atoms. The van der Waals surface area contributed by atoms with Crippen molar-refractivity contribution in [3.05, 3.63) is 0 Å². The van der Waals surface area contributed by atoms with E-state index in [9.17, 15) is 5.11 Å². The fourth-order valence-electron chi connectivity index (χ4n) is 3.55. The minimum absolute atomic E-state index is 0.0822. The van der Waals surface area contributed by atoms with E-state index in [0.29, 0.717) is 5.92 Å². The van der Waals surface area contributed by atoms with Crippen LogP contribution in [-0.4, -0.2) is 60.8 Å². The Hall–Kier alpha value is -0.120. The third kappa shape index (κ3) is 3.94. The molecule has 0 spiro atoms. The molecule has 1 N–H and O–H groups in total. The lowest BCUT2D eigenvalue weighted by atomic mass is 9.85. The van der Waals surface area contributed by atoms with Crippen LogP contribution in [0.1, 0.15) is 44.9 Å². The second-order valence-electron chi connectivity index (χ2n) is 6.46. The molecule has 1 atom stereocenters. The number of piperidine rings is 1. The van der Waals surface area contributed by atoms with Crippen LogP contribution in [0, 0.1) is 5.92 Å². The van der Waals surface area contributed by atoms with Crippen molar-refractivity contribution < 1.29 is 5.11 Å². The molecule has 1 saturated carbocycles. The number of aliphatic hydroxyl groups excluding tert-OH is 1. The molecule has 3 heteroatoms. The van der Waals surface area contributed by atoms with Crippen LogP contribution in [0.3, 0.4) is 0 Å². The van der Waals surface area contributed by atoms with Crippen LogP contribution in [-0.2, 0) is 0 Å². The van der Waals surface area contributed by atoms with Gasteiger partial charge < -0.3 is 14.9 Å². The summed E-state index contributed by atoms with van der Waals surface area (Å²) in [6.45, 7) is 3.23. The lowest BCUT2D eigenvalue weighted by Crippen LogP contribution is -2.45. The van der Waals surface area contributed by atoms with Gasteiger partial charge in [0.05, 0.1) is 6.10 Å². The Morgan fingerprint density at radius 1 is 1.06 bits per heavy atom. The lowest BCUT2D eigenvalue weighted by Gasteiger charge is -2.37. The molecular weight excluding hydrogens is 224 g/mol. The summed E-state index contributed by atoms with van der Waals surface area (Å²) in [5.74, 6) is 0.574. The minimum Gasteiger partial charge on any atom is -0.392 e. The van der Waals surface area contributed by atoms with Gasteiger partial charge >= 0.3 is 0 Å². The molecule has 1 heterocycles. The Balaban J connectivity index is 1.70. The number of rotatable bonds is 4. The van der Waals surface area contributed by atoms with Crippen LogP contribution >= 0.6 is 0 Å². The van der Waals surface area contributed by atoms with E-state index in [-0.39, 0.29) is 6.10 Å². The van der Waals surface area contributed by atoms with E-state index in [4.69, 9.17) is 0 Å². The summed E-state index contributed by atoms with van der Waals surface area (Å²) < 4.78 is 0. The highest BCUT2D eigenvalue weighted by atomic mass is 16.3. The first-order valence-electron chi connectivity index (χ1n) is 7.73. The average molecular weight is 254 g/mol. The monoisotopic (exact) mass is 254 g/mol. The maximum atomic E-state index is 10.3. The quantitative estimate of drug-likeness (QED) is 0.831. The van der Waals surface area contributed by atoms with Crippen LogP contribution in [0.2, 0.25) is 0 Å². The van der Waals surface area contributed by atoms with E-state index in [1.165, 1.54) is 44.9 Å². The summed E-state index contributed by atoms with van der Waals surface area (Å²) in [4.78, 5) is 4.81. The van der Waals surface area contributed by atoms with Crippen molar-refractivity contribution in [1.82, 2.24) is 9.80 Å². The predicted molar refractivity (Wildman–Crippen MR) is 75.7 cm³/mol. The standard InChI is InChI=1S/C15H30N2O/c1-16(2)14-8-10-17(11-9-14)12-15(18)13-6-4-3-5-7-13/h13-15,18H,3-12H2,1-2H3. The molecule has 1 saturated heterocycles. The van der Waals surface area contributed by atoms with Gasteiger partial charge in [-0.25, -0.2) is 0 Å². The Kier molecular flexibility index (Phi) is 5.46. The molecule has 1 unspecified atom stereocenters. The molecule has 2 rings (SSSR count). The van der Waals surface area contributed by atoms with Crippen LogP contribution < -0.4 is 0 Å². The average Bonchev–Trinajstić information content (AvgIpc) is 2.40. The molecule has 0 aromatic carbocycles. The topological polar surface area (TPSA) is 26.7 Å². The van der Waals surface area contributed by atoms with Gasteiger partial charge in [0.1, 0.15) is 0 Å². The van der Waals surface area contributed by atoms with Gasteiger partial charge in [0.2, 0.25) is 0 Å². The molecule has 0 radical (unpaired) electrons. The van der Waals surface area contributed by atoms with Crippen molar-refractivity contribution in [2.24, 2.45) is 5.92 Å². The summed E-state index contributed by atoms with van der Waals surface area (Å²) in [6, 6.07) is 0.744. The van der Waals surface area contributed by atoms with Gasteiger partial charge in [-0.3, -0.25) is 0 Å². The van der Waals surface area contributed by atoms with Crippen molar-refractivity contribution in [3.8, 4) is 0 Å². The summed E-state index contributed by atoms with van der Waals surface area (Å²) >= 11 is 0. The number of hydrogen-bond acceptors (Lipinski definition) is 3. The van der Waals surface area contributed by atoms with E-state index in [1.807, 2.05) is 0 Å². The maximum Gasteiger partial charge on any atom is 0.0695 e. The molecule has 18 heavy (non-hydrogen) atoms. The van der Waals surface area contributed by atoms with Gasteiger partial charge in [-0.1, -0.05) is 19.3 Å². The Morgan fingerprint density at radius 3 is 2.22 bits per heavy atom. The third-order valence-corrected chi connectivity index (χ3v) is 4.93. The molecule has 1 aliphatic carbocycles. The van der Waals surface area contributed by atoms with Crippen molar-refractivity contribution >= 4 is 0 Å². The highest BCUT2D eigenvalue weighted by Gasteiger charge is 2.26. The van der Waals surface area contributed by atoms with Gasteiger partial charge in [-0.2, -0.15) is 0 Å². The molecule has 106 valence electrons. The first-order valence-corrected chi connectivity index (χ1v) is 7.73. The fourth-order valence-corrected chi connectivity index (χ4v) is 3.55. The van der Waals surface area contributed by atoms with E-state index >= 15 is 0 Å². The molecule has 0 amide bonds. The van der Waals surface area contributed by atoms with Gasteiger partial charge in [0, 0.05) is 12.6 Å². The van der Waals surface area contributed by atoms with Crippen molar-refractivity contribution in [1.29, 1.82) is 0 Å². The van der Waals surface area contributed by atoms with E-state index < -0.39 is 0 Å². The molecule has 2 fully saturated rings. The lowest BCUT2D eigenvalue weighted by molar-refractivity contribution is 0.0332. The Bertz CT molecular complexity index is 231. The zero-order valence-electron chi connectivity index (χ0n) is 12.1. The second-order valence-corrected chi connectivity index (χ2v) is 6.46. The highest BCUT2D eigenvalue weighted by molar-refractivity contribution is 4.81. The van der Waals surface area contributed by atoms with Crippen molar-refractivity contribution in [2.45, 2.75) is 57.1 Å². The van der Waals surface area contributed by atoms with Gasteiger partial charge in [-0.05, 0) is 58.8 Å². The Morgan fingerprint density at radius 2 is 1.67 bits per heavy atom. The maximum absolute atomic E-state index is 10.3. The van der Waals surface area contributed by atoms with Crippen molar-refractivity contribution in [2.75, 3.05) is 33.7 Å². The molecular formula is C15H30N2O. The molecule has 0 aromatic heterocycles. The van der Waals surface area contributed by atoms with Gasteiger partial charge in [0.25, 0.3) is 0 Å². The van der Waals surface area contributed by atoms with Crippen molar-refractivity contribution in [3.63, 3.8) is 0 Å². The molecule has 0 aromatic rings. The van der Waals surface area contributed by atoms with Gasteiger partial charge in [-0.15, -0.1) is 0 Å². The number of β-amino-alcohol motifs (C(OH)–C–C–N with tert-alkyl or cyclic N) is 1. The van der Waals surface area contributed by atoms with Crippen LogP contribution in [0.4, 0.5) is 0 Å². The number of hydrogen-bond donors (Lipinski definition) is 1. The first kappa shape index (κ1) is 14.3. The normalized spacial score (nSPS) is 26.7. The second kappa shape index (κ2) is 6.88. The fraction of sp³-hybridized carbons (Fsp3) is 1.00. The smallest absolute Gasteiger partial charge is 0.0695 e. The zero-order valence-corrected chi connectivity index (χ0v) is 12.1. The number of likely N-dealkylation sites (tertiary alicyclic amines) is 1. The summed E-state index contributed by atoms with van der Waals surface area (Å²) in [6.07, 6.45) is 8.94. The molecule has 2 aliphatic rings. The minimum atomic E-state index is -0.0822. The van der Waals surface area contributed by atoms with Crippen LogP contribution in [0.15, 0.2) is 0 Å². The largest absolute Gasteiger partial charge is 0.392 e.